The van der Waals surface area contributed by atoms with Gasteiger partial charge in [-0.3, -0.25) is 0 Å². The molecule has 0 saturated carbocycles. The van der Waals surface area contributed by atoms with Gasteiger partial charge in [0.25, 0.3) is 0 Å². The van der Waals surface area contributed by atoms with Crippen LogP contribution in [-0.4, -0.2) is 24.4 Å². The van der Waals surface area contributed by atoms with Crippen molar-refractivity contribution < 1.29 is 9.47 Å². The highest BCUT2D eigenvalue weighted by Gasteiger charge is 2.16. The predicted molar refractivity (Wildman–Crippen MR) is 71.3 cm³/mol. The Bertz CT molecular complexity index is 392. The van der Waals surface area contributed by atoms with Gasteiger partial charge < -0.3 is 20.5 Å². The normalized spacial score (nSPS) is 18.9. The molecule has 3 N–H and O–H groups in total. The van der Waals surface area contributed by atoms with Gasteiger partial charge in [-0.1, -0.05) is 12.1 Å². The molecule has 17 heavy (non-hydrogen) atoms. The maximum Gasteiger partial charge on any atom is 0.168 e. The van der Waals surface area contributed by atoms with E-state index in [2.05, 4.69) is 5.32 Å². The number of ether oxygens (including phenoxy) is 2. The lowest BCUT2D eigenvalue weighted by Gasteiger charge is -2.14. The second kappa shape index (κ2) is 5.84. The molecule has 4 nitrogen and oxygen atoms in total. The molecule has 0 amide bonds. The molecule has 1 aliphatic heterocycles. The van der Waals surface area contributed by atoms with Crippen LogP contribution in [-0.2, 0) is 4.74 Å². The monoisotopic (exact) mass is 252 g/mol. The third kappa shape index (κ3) is 3.57. The fourth-order valence-corrected chi connectivity index (χ4v) is 1.90. The van der Waals surface area contributed by atoms with Crippen molar-refractivity contribution >= 4 is 23.0 Å². The summed E-state index contributed by atoms with van der Waals surface area (Å²) >= 11 is 4.81. The van der Waals surface area contributed by atoms with Gasteiger partial charge in [-0.15, -0.1) is 0 Å². The first-order valence-corrected chi connectivity index (χ1v) is 6.06. The van der Waals surface area contributed by atoms with Crippen molar-refractivity contribution in [2.24, 2.45) is 5.73 Å². The van der Waals surface area contributed by atoms with Gasteiger partial charge in [0.2, 0.25) is 0 Å². The summed E-state index contributed by atoms with van der Waals surface area (Å²) in [5.41, 5.74) is 6.24. The molecule has 0 spiro atoms. The number of thiocarbonyl (C=S) groups is 1. The van der Waals surface area contributed by atoms with Crippen LogP contribution in [0.2, 0.25) is 0 Å². The molecule has 5 heteroatoms. The minimum atomic E-state index is 0.202. The third-order valence-corrected chi connectivity index (χ3v) is 2.70. The number of nitrogens with two attached hydrogens (primary N) is 1. The summed E-state index contributed by atoms with van der Waals surface area (Å²) in [6.45, 7) is 1.40. The number of para-hydroxylation sites is 2. The second-order valence-electron chi connectivity index (χ2n) is 3.93. The Morgan fingerprint density at radius 1 is 1.53 bits per heavy atom. The van der Waals surface area contributed by atoms with Crippen LogP contribution in [0.1, 0.15) is 12.8 Å². The zero-order valence-corrected chi connectivity index (χ0v) is 10.3. The molecule has 1 unspecified atom stereocenters. The van der Waals surface area contributed by atoms with E-state index in [0.29, 0.717) is 6.61 Å². The van der Waals surface area contributed by atoms with Gasteiger partial charge in [0, 0.05) is 6.61 Å². The van der Waals surface area contributed by atoms with Crippen molar-refractivity contribution in [3.63, 3.8) is 0 Å². The zero-order valence-electron chi connectivity index (χ0n) is 9.52. The fraction of sp³-hybridized carbons (Fsp3) is 0.417. The molecule has 1 heterocycles. The summed E-state index contributed by atoms with van der Waals surface area (Å²) in [5, 5.41) is 3.13. The average molecular weight is 252 g/mol. The number of hydrogen-bond acceptors (Lipinski definition) is 3. The summed E-state index contributed by atoms with van der Waals surface area (Å²) in [7, 11) is 0. The molecule has 0 radical (unpaired) electrons. The lowest BCUT2D eigenvalue weighted by atomic mass is 10.2. The smallest absolute Gasteiger partial charge is 0.168 e. The van der Waals surface area contributed by atoms with E-state index in [4.69, 9.17) is 27.4 Å². The summed E-state index contributed by atoms with van der Waals surface area (Å²) in [6.07, 6.45) is 2.37. The Hall–Kier alpha value is -1.33. The third-order valence-electron chi connectivity index (χ3n) is 2.59. The van der Waals surface area contributed by atoms with E-state index in [1.807, 2.05) is 24.3 Å². The SMILES string of the molecule is NC(=S)Nc1ccccc1OCC1CCCO1. The van der Waals surface area contributed by atoms with Crippen LogP contribution in [0.15, 0.2) is 24.3 Å². The molecule has 1 aromatic carbocycles. The molecule has 1 saturated heterocycles. The van der Waals surface area contributed by atoms with Crippen molar-refractivity contribution in [1.29, 1.82) is 0 Å². The average Bonchev–Trinajstić information content (AvgIpc) is 2.80. The largest absolute Gasteiger partial charge is 0.489 e. The number of nitrogens with one attached hydrogen (secondary N) is 1. The first-order chi connectivity index (χ1) is 8.25. The van der Waals surface area contributed by atoms with E-state index >= 15 is 0 Å². The Morgan fingerprint density at radius 2 is 2.35 bits per heavy atom. The van der Waals surface area contributed by atoms with Crippen LogP contribution in [0.5, 0.6) is 5.75 Å². The quantitative estimate of drug-likeness (QED) is 0.802. The standard InChI is InChI=1S/C12H16N2O2S/c13-12(17)14-10-5-1-2-6-11(10)16-8-9-4-3-7-15-9/h1-2,5-6,9H,3-4,7-8H2,(H3,13,14,17). The topological polar surface area (TPSA) is 56.5 Å². The number of hydrogen-bond donors (Lipinski definition) is 2. The first-order valence-electron chi connectivity index (χ1n) is 5.65. The van der Waals surface area contributed by atoms with Crippen molar-refractivity contribution in [1.82, 2.24) is 0 Å². The van der Waals surface area contributed by atoms with Crippen LogP contribution < -0.4 is 15.8 Å². The van der Waals surface area contributed by atoms with Crippen LogP contribution in [0, 0.1) is 0 Å². The summed E-state index contributed by atoms with van der Waals surface area (Å²) in [6, 6.07) is 7.58. The fourth-order valence-electron chi connectivity index (χ4n) is 1.79. The first kappa shape index (κ1) is 12.1. The van der Waals surface area contributed by atoms with Crippen molar-refractivity contribution in [3.05, 3.63) is 24.3 Å². The van der Waals surface area contributed by atoms with E-state index in [-0.39, 0.29) is 11.2 Å². The van der Waals surface area contributed by atoms with Crippen molar-refractivity contribution in [3.8, 4) is 5.75 Å². The number of anilines is 1. The van der Waals surface area contributed by atoms with E-state index in [9.17, 15) is 0 Å². The minimum Gasteiger partial charge on any atom is -0.489 e. The van der Waals surface area contributed by atoms with Gasteiger partial charge >= 0.3 is 0 Å². The molecule has 2 rings (SSSR count). The minimum absolute atomic E-state index is 0.202. The Labute approximate surface area is 106 Å². The Balaban J connectivity index is 1.96. The van der Waals surface area contributed by atoms with Crippen LogP contribution in [0.3, 0.4) is 0 Å². The molecule has 92 valence electrons. The highest BCUT2D eigenvalue weighted by atomic mass is 32.1. The summed E-state index contributed by atoms with van der Waals surface area (Å²) in [5.74, 6) is 0.746. The summed E-state index contributed by atoms with van der Waals surface area (Å²) in [4.78, 5) is 0. The Kier molecular flexibility index (Phi) is 4.17. The van der Waals surface area contributed by atoms with Crippen LogP contribution in [0.4, 0.5) is 5.69 Å². The van der Waals surface area contributed by atoms with E-state index < -0.39 is 0 Å². The van der Waals surface area contributed by atoms with Crippen molar-refractivity contribution in [2.75, 3.05) is 18.5 Å². The van der Waals surface area contributed by atoms with E-state index in [1.165, 1.54) is 0 Å². The van der Waals surface area contributed by atoms with Gasteiger partial charge in [-0.05, 0) is 37.2 Å². The molecular weight excluding hydrogens is 236 g/mol. The second-order valence-corrected chi connectivity index (χ2v) is 4.37. The molecule has 0 aliphatic carbocycles. The van der Waals surface area contributed by atoms with E-state index in [0.717, 1.165) is 30.9 Å². The van der Waals surface area contributed by atoms with Gasteiger partial charge in [0.15, 0.2) is 5.11 Å². The number of benzene rings is 1. The van der Waals surface area contributed by atoms with Gasteiger partial charge in [-0.25, -0.2) is 0 Å². The van der Waals surface area contributed by atoms with E-state index in [1.54, 1.807) is 0 Å². The zero-order chi connectivity index (χ0) is 12.1. The Morgan fingerprint density at radius 3 is 3.06 bits per heavy atom. The van der Waals surface area contributed by atoms with Crippen LogP contribution in [0.25, 0.3) is 0 Å². The highest BCUT2D eigenvalue weighted by Crippen LogP contribution is 2.24. The molecule has 0 aromatic heterocycles. The summed E-state index contributed by atoms with van der Waals surface area (Å²) < 4.78 is 11.2. The van der Waals surface area contributed by atoms with Gasteiger partial charge in [0.05, 0.1) is 11.8 Å². The molecule has 1 fully saturated rings. The van der Waals surface area contributed by atoms with Gasteiger partial charge in [0.1, 0.15) is 12.4 Å². The molecule has 1 aromatic rings. The molecule has 1 atom stereocenters. The molecule has 1 aliphatic rings. The number of rotatable bonds is 4. The highest BCUT2D eigenvalue weighted by molar-refractivity contribution is 7.80. The maximum absolute atomic E-state index is 5.72. The lowest BCUT2D eigenvalue weighted by molar-refractivity contribution is 0.0682. The van der Waals surface area contributed by atoms with Gasteiger partial charge in [-0.2, -0.15) is 0 Å². The molecular formula is C12H16N2O2S. The molecule has 0 bridgehead atoms. The predicted octanol–water partition coefficient (Wildman–Crippen LogP) is 1.90. The lowest BCUT2D eigenvalue weighted by Crippen LogP contribution is -2.21. The maximum atomic E-state index is 5.72. The van der Waals surface area contributed by atoms with Crippen LogP contribution >= 0.6 is 12.2 Å². The van der Waals surface area contributed by atoms with Crippen molar-refractivity contribution in [2.45, 2.75) is 18.9 Å².